The third kappa shape index (κ3) is 4.41. The number of thiophene rings is 1. The van der Waals surface area contributed by atoms with Crippen molar-refractivity contribution in [3.8, 4) is 16.4 Å². The summed E-state index contributed by atoms with van der Waals surface area (Å²) < 4.78 is 14.9. The van der Waals surface area contributed by atoms with Crippen molar-refractivity contribution in [2.45, 2.75) is 0 Å². The maximum atomic E-state index is 13.4. The van der Waals surface area contributed by atoms with Gasteiger partial charge in [0.05, 0.1) is 17.7 Å². The summed E-state index contributed by atoms with van der Waals surface area (Å²) in [6.45, 7) is 0. The van der Waals surface area contributed by atoms with E-state index >= 15 is 0 Å². The van der Waals surface area contributed by atoms with E-state index in [0.29, 0.717) is 22.8 Å². The van der Waals surface area contributed by atoms with Crippen LogP contribution in [0.4, 0.5) is 10.1 Å². The highest BCUT2D eigenvalue weighted by molar-refractivity contribution is 7.13. The van der Waals surface area contributed by atoms with Crippen molar-refractivity contribution in [2.24, 2.45) is 0 Å². The summed E-state index contributed by atoms with van der Waals surface area (Å²) in [5.41, 5.74) is 1.46. The smallest absolute Gasteiger partial charge is 0.295 e. The third-order valence-electron chi connectivity index (χ3n) is 4.57. The Kier molecular flexibility index (Phi) is 6.06. The summed E-state index contributed by atoms with van der Waals surface area (Å²) in [6, 6.07) is 15.9. The van der Waals surface area contributed by atoms with Crippen LogP contribution in [0.15, 0.2) is 66.0 Å². The van der Waals surface area contributed by atoms with Crippen LogP contribution in [0.2, 0.25) is 0 Å². The van der Waals surface area contributed by atoms with Gasteiger partial charge in [0.25, 0.3) is 11.8 Å². The Bertz CT molecular complexity index is 1240. The normalized spacial score (nSPS) is 10.7. The predicted molar refractivity (Wildman–Crippen MR) is 118 cm³/mol. The minimum atomic E-state index is -0.517. The molecule has 162 valence electrons. The topological polar surface area (TPSA) is 89.4 Å². The highest BCUT2D eigenvalue weighted by atomic mass is 32.1. The number of aromatic nitrogens is 3. The van der Waals surface area contributed by atoms with Crippen LogP contribution in [-0.4, -0.2) is 45.8 Å². The second kappa shape index (κ2) is 9.08. The van der Waals surface area contributed by atoms with Crippen LogP contribution < -0.4 is 5.32 Å². The number of benzene rings is 2. The Hall–Kier alpha value is -3.89. The number of nitrogens with one attached hydrogen (secondary N) is 1. The molecule has 0 saturated carbocycles. The van der Waals surface area contributed by atoms with Crippen LogP contribution in [0.1, 0.15) is 21.0 Å². The molecule has 2 aromatic heterocycles. The maximum absolute atomic E-state index is 13.4. The van der Waals surface area contributed by atoms with E-state index in [1.54, 1.807) is 36.4 Å². The molecule has 0 atom stereocenters. The first-order valence-electron chi connectivity index (χ1n) is 9.46. The number of hydrogen-bond donors (Lipinski definition) is 1. The molecule has 0 unspecified atom stereocenters. The highest BCUT2D eigenvalue weighted by Gasteiger charge is 2.20. The molecule has 2 amide bonds. The molecule has 4 aromatic rings. The van der Waals surface area contributed by atoms with Crippen molar-refractivity contribution in [2.75, 3.05) is 19.5 Å². The quantitative estimate of drug-likeness (QED) is 0.447. The average Bonchev–Trinajstić information content (AvgIpc) is 3.49. The Labute approximate surface area is 186 Å². The maximum Gasteiger partial charge on any atom is 0.295 e. The Balaban J connectivity index is 1.60. The van der Waals surface area contributed by atoms with Crippen LogP contribution in [0.5, 0.6) is 0 Å². The fourth-order valence-corrected chi connectivity index (χ4v) is 3.58. The second-order valence-electron chi connectivity index (χ2n) is 6.64. The molecule has 0 saturated heterocycles. The molecule has 0 radical (unpaired) electrons. The van der Waals surface area contributed by atoms with Crippen molar-refractivity contribution in [1.82, 2.24) is 19.8 Å². The zero-order valence-corrected chi connectivity index (χ0v) is 18.0. The lowest BCUT2D eigenvalue weighted by atomic mass is 10.2. The molecule has 0 aliphatic rings. The third-order valence-corrected chi connectivity index (χ3v) is 5.44. The minimum absolute atomic E-state index is 0.0444. The van der Waals surface area contributed by atoms with Crippen LogP contribution in [-0.2, 0) is 4.84 Å². The lowest BCUT2D eigenvalue weighted by Gasteiger charge is -2.13. The second-order valence-corrected chi connectivity index (χ2v) is 7.59. The van der Waals surface area contributed by atoms with E-state index in [4.69, 9.17) is 4.84 Å². The molecule has 0 fully saturated rings. The van der Waals surface area contributed by atoms with Gasteiger partial charge in [-0.1, -0.05) is 6.07 Å². The first-order chi connectivity index (χ1) is 15.5. The first-order valence-corrected chi connectivity index (χ1v) is 10.3. The minimum Gasteiger partial charge on any atom is -0.319 e. The van der Waals surface area contributed by atoms with Gasteiger partial charge >= 0.3 is 0 Å². The number of nitrogens with zero attached hydrogens (tertiary/aromatic N) is 4. The summed E-state index contributed by atoms with van der Waals surface area (Å²) >= 11 is 1.45. The lowest BCUT2D eigenvalue weighted by Crippen LogP contribution is -2.25. The molecular formula is C22H18FN5O3S. The van der Waals surface area contributed by atoms with Gasteiger partial charge < -0.3 is 5.32 Å². The average molecular weight is 451 g/mol. The van der Waals surface area contributed by atoms with Crippen molar-refractivity contribution in [1.29, 1.82) is 0 Å². The molecular weight excluding hydrogens is 433 g/mol. The number of hydroxylamine groups is 2. The fourth-order valence-electron chi connectivity index (χ4n) is 2.88. The highest BCUT2D eigenvalue weighted by Crippen LogP contribution is 2.26. The van der Waals surface area contributed by atoms with Crippen molar-refractivity contribution in [3.05, 3.63) is 83.2 Å². The van der Waals surface area contributed by atoms with Gasteiger partial charge in [0.1, 0.15) is 5.82 Å². The van der Waals surface area contributed by atoms with Crippen molar-refractivity contribution in [3.63, 3.8) is 0 Å². The fraction of sp³-hybridized carbons (Fsp3) is 0.0909. The summed E-state index contributed by atoms with van der Waals surface area (Å²) in [6.07, 6.45) is 0. The molecule has 32 heavy (non-hydrogen) atoms. The van der Waals surface area contributed by atoms with Gasteiger partial charge in [-0.2, -0.15) is 0 Å². The number of hydrogen-bond acceptors (Lipinski definition) is 6. The van der Waals surface area contributed by atoms with Gasteiger partial charge in [-0.15, -0.1) is 16.4 Å². The number of carbonyl (C=O) groups excluding carboxylic acids is 2. The predicted octanol–water partition coefficient (Wildman–Crippen LogP) is 4.02. The summed E-state index contributed by atoms with van der Waals surface area (Å²) in [4.78, 5) is 35.0. The number of halogens is 1. The van der Waals surface area contributed by atoms with E-state index in [0.717, 1.165) is 9.94 Å². The Morgan fingerprint density at radius 3 is 2.44 bits per heavy atom. The molecule has 2 aromatic carbocycles. The van der Waals surface area contributed by atoms with Crippen molar-refractivity contribution >= 4 is 28.8 Å². The molecule has 0 spiro atoms. The number of carbonyl (C=O) groups is 2. The molecule has 8 nitrogen and oxygen atoms in total. The van der Waals surface area contributed by atoms with Crippen LogP contribution in [0.25, 0.3) is 16.4 Å². The van der Waals surface area contributed by atoms with Crippen molar-refractivity contribution < 1.29 is 18.8 Å². The van der Waals surface area contributed by atoms with Gasteiger partial charge in [-0.25, -0.2) is 19.1 Å². The van der Waals surface area contributed by atoms with Gasteiger partial charge in [0.2, 0.25) is 5.82 Å². The summed E-state index contributed by atoms with van der Waals surface area (Å²) in [5, 5.41) is 10.1. The van der Waals surface area contributed by atoms with Gasteiger partial charge in [-0.3, -0.25) is 14.4 Å². The first kappa shape index (κ1) is 21.3. The lowest BCUT2D eigenvalue weighted by molar-refractivity contribution is -0.0756. The SMILES string of the molecule is CON(C)C(=O)c1ccc(NC(=O)c2nc(-c3cccs3)n(-c3ccc(F)cc3)n2)cc1. The van der Waals surface area contributed by atoms with Gasteiger partial charge in [0, 0.05) is 18.3 Å². The van der Waals surface area contributed by atoms with Gasteiger partial charge in [-0.05, 0) is 60.0 Å². The van der Waals surface area contributed by atoms with E-state index in [9.17, 15) is 14.0 Å². The largest absolute Gasteiger partial charge is 0.319 e. The monoisotopic (exact) mass is 451 g/mol. The van der Waals surface area contributed by atoms with E-state index < -0.39 is 5.91 Å². The standard InChI is InChI=1S/C22H18FN5O3S/c1-27(31-2)22(30)14-5-9-16(10-6-14)24-21(29)19-25-20(18-4-3-13-32-18)28(26-19)17-11-7-15(23)8-12-17/h3-13H,1-2H3,(H,24,29). The number of anilines is 1. The molecule has 1 N–H and O–H groups in total. The molecule has 0 bridgehead atoms. The van der Waals surface area contributed by atoms with Gasteiger partial charge in [0.15, 0.2) is 5.82 Å². The summed E-state index contributed by atoms with van der Waals surface area (Å²) in [5.74, 6) is -0.775. The van der Waals surface area contributed by atoms with Crippen LogP contribution >= 0.6 is 11.3 Å². The molecule has 4 rings (SSSR count). The Morgan fingerprint density at radius 2 is 1.81 bits per heavy atom. The van der Waals surface area contributed by atoms with Crippen LogP contribution in [0, 0.1) is 5.82 Å². The molecule has 0 aliphatic heterocycles. The van der Waals surface area contributed by atoms with E-state index in [1.165, 1.54) is 42.3 Å². The number of rotatable bonds is 6. The van der Waals surface area contributed by atoms with Crippen LogP contribution in [0.3, 0.4) is 0 Å². The molecule has 0 aliphatic carbocycles. The zero-order valence-electron chi connectivity index (χ0n) is 17.2. The van der Waals surface area contributed by atoms with E-state index in [-0.39, 0.29) is 17.5 Å². The number of amides is 2. The molecule has 2 heterocycles. The Morgan fingerprint density at radius 1 is 1.09 bits per heavy atom. The van der Waals surface area contributed by atoms with E-state index in [1.807, 2.05) is 17.5 Å². The van der Waals surface area contributed by atoms with E-state index in [2.05, 4.69) is 15.4 Å². The molecule has 10 heteroatoms. The summed E-state index contributed by atoms with van der Waals surface area (Å²) in [7, 11) is 2.90. The zero-order chi connectivity index (χ0) is 22.7.